The van der Waals surface area contributed by atoms with Crippen molar-refractivity contribution in [2.75, 3.05) is 10.5 Å². The number of hydrogen-bond acceptors (Lipinski definition) is 4. The highest BCUT2D eigenvalue weighted by atomic mass is 79.9. The molecule has 0 aliphatic rings. The summed E-state index contributed by atoms with van der Waals surface area (Å²) in [5.41, 5.74) is 7.32. The average molecular weight is 359 g/mol. The zero-order valence-electron chi connectivity index (χ0n) is 11.1. The topological polar surface area (TPSA) is 90.0 Å². The number of benzene rings is 1. The number of imidazole rings is 1. The standard InChI is InChI=1S/C12H15BrN4O2S/c1-3-17-6-11(15-7-17)20(18,19)16-12-8(2)4-9(13)5-10(12)14/h4-7,16H,3,14H2,1-2H3. The maximum atomic E-state index is 12.3. The molecule has 0 amide bonds. The van der Waals surface area contributed by atoms with Gasteiger partial charge < -0.3 is 10.3 Å². The minimum atomic E-state index is -3.74. The molecule has 6 nitrogen and oxygen atoms in total. The molecule has 0 unspecified atom stereocenters. The summed E-state index contributed by atoms with van der Waals surface area (Å²) in [6, 6.07) is 3.44. The first-order valence-corrected chi connectivity index (χ1v) is 8.21. The van der Waals surface area contributed by atoms with Crippen molar-refractivity contribution in [3.8, 4) is 0 Å². The largest absolute Gasteiger partial charge is 0.397 e. The van der Waals surface area contributed by atoms with Crippen LogP contribution in [0, 0.1) is 6.92 Å². The number of nitrogens with zero attached hydrogens (tertiary/aromatic N) is 2. The highest BCUT2D eigenvalue weighted by Gasteiger charge is 2.19. The van der Waals surface area contributed by atoms with Crippen LogP contribution in [0.15, 0.2) is 34.2 Å². The molecule has 8 heteroatoms. The fourth-order valence-electron chi connectivity index (χ4n) is 1.75. The van der Waals surface area contributed by atoms with Crippen LogP contribution in [-0.4, -0.2) is 18.0 Å². The molecule has 0 bridgehead atoms. The van der Waals surface area contributed by atoms with Gasteiger partial charge in [0.1, 0.15) is 0 Å². The number of aryl methyl sites for hydroxylation is 2. The van der Waals surface area contributed by atoms with E-state index in [9.17, 15) is 8.42 Å². The molecule has 20 heavy (non-hydrogen) atoms. The average Bonchev–Trinajstić information content (AvgIpc) is 2.83. The van der Waals surface area contributed by atoms with E-state index >= 15 is 0 Å². The Morgan fingerprint density at radius 2 is 2.15 bits per heavy atom. The molecule has 0 aliphatic carbocycles. The first kappa shape index (κ1) is 14.9. The first-order chi connectivity index (χ1) is 9.33. The van der Waals surface area contributed by atoms with Crippen LogP contribution < -0.4 is 10.5 Å². The molecule has 1 aromatic carbocycles. The number of nitrogens with one attached hydrogen (secondary N) is 1. The van der Waals surface area contributed by atoms with E-state index in [0.29, 0.717) is 17.9 Å². The van der Waals surface area contributed by atoms with Gasteiger partial charge in [-0.15, -0.1) is 0 Å². The molecule has 108 valence electrons. The van der Waals surface area contributed by atoms with Crippen LogP contribution in [0.5, 0.6) is 0 Å². The lowest BCUT2D eigenvalue weighted by molar-refractivity contribution is 0.598. The highest BCUT2D eigenvalue weighted by molar-refractivity contribution is 9.10. The molecule has 0 aliphatic heterocycles. The van der Waals surface area contributed by atoms with E-state index in [1.54, 1.807) is 23.6 Å². The normalized spacial score (nSPS) is 11.6. The molecule has 1 heterocycles. The Morgan fingerprint density at radius 1 is 1.45 bits per heavy atom. The lowest BCUT2D eigenvalue weighted by Gasteiger charge is -2.12. The maximum absolute atomic E-state index is 12.3. The molecule has 1 aromatic heterocycles. The predicted octanol–water partition coefficient (Wildman–Crippen LogP) is 2.36. The van der Waals surface area contributed by atoms with Crippen molar-refractivity contribution in [2.24, 2.45) is 0 Å². The van der Waals surface area contributed by atoms with E-state index in [2.05, 4.69) is 25.6 Å². The van der Waals surface area contributed by atoms with Crippen LogP contribution in [0.4, 0.5) is 11.4 Å². The Balaban J connectivity index is 2.38. The molecule has 0 saturated carbocycles. The number of rotatable bonds is 4. The van der Waals surface area contributed by atoms with E-state index in [1.165, 1.54) is 12.5 Å². The van der Waals surface area contributed by atoms with Gasteiger partial charge in [0.2, 0.25) is 0 Å². The van der Waals surface area contributed by atoms with Crippen molar-refractivity contribution >= 4 is 37.3 Å². The summed E-state index contributed by atoms with van der Waals surface area (Å²) >= 11 is 3.31. The molecule has 2 aromatic rings. The predicted molar refractivity (Wildman–Crippen MR) is 82.0 cm³/mol. The van der Waals surface area contributed by atoms with Crippen molar-refractivity contribution < 1.29 is 8.42 Å². The number of nitrogens with two attached hydrogens (primary N) is 1. The van der Waals surface area contributed by atoms with Gasteiger partial charge in [-0.3, -0.25) is 4.72 Å². The molecule has 0 spiro atoms. The van der Waals surface area contributed by atoms with Crippen molar-refractivity contribution in [3.63, 3.8) is 0 Å². The van der Waals surface area contributed by atoms with Crippen molar-refractivity contribution in [1.29, 1.82) is 0 Å². The van der Waals surface area contributed by atoms with E-state index in [4.69, 9.17) is 5.73 Å². The fraction of sp³-hybridized carbons (Fsp3) is 0.250. The van der Waals surface area contributed by atoms with Gasteiger partial charge in [0.25, 0.3) is 10.0 Å². The van der Waals surface area contributed by atoms with Gasteiger partial charge in [-0.1, -0.05) is 15.9 Å². The third-order valence-electron chi connectivity index (χ3n) is 2.82. The second-order valence-electron chi connectivity index (χ2n) is 4.33. The van der Waals surface area contributed by atoms with E-state index in [1.807, 2.05) is 6.92 Å². The zero-order chi connectivity index (χ0) is 14.9. The van der Waals surface area contributed by atoms with Crippen molar-refractivity contribution in [3.05, 3.63) is 34.7 Å². The van der Waals surface area contributed by atoms with Crippen LogP contribution in [0.25, 0.3) is 0 Å². The van der Waals surface area contributed by atoms with Crippen LogP contribution in [-0.2, 0) is 16.6 Å². The summed E-state index contributed by atoms with van der Waals surface area (Å²) in [6.07, 6.45) is 2.96. The summed E-state index contributed by atoms with van der Waals surface area (Å²) in [6.45, 7) is 4.34. The SMILES string of the molecule is CCn1cnc(S(=O)(=O)Nc2c(C)cc(Br)cc2N)c1. The summed E-state index contributed by atoms with van der Waals surface area (Å²) in [5.74, 6) is 0. The van der Waals surface area contributed by atoms with Gasteiger partial charge >= 0.3 is 0 Å². The van der Waals surface area contributed by atoms with Crippen molar-refractivity contribution in [1.82, 2.24) is 9.55 Å². The molecule has 3 N–H and O–H groups in total. The molecule has 0 atom stereocenters. The maximum Gasteiger partial charge on any atom is 0.281 e. The van der Waals surface area contributed by atoms with Crippen LogP contribution in [0.1, 0.15) is 12.5 Å². The van der Waals surface area contributed by atoms with Gasteiger partial charge in [-0.05, 0) is 31.5 Å². The van der Waals surface area contributed by atoms with Gasteiger partial charge in [0.05, 0.1) is 17.7 Å². The van der Waals surface area contributed by atoms with Crippen LogP contribution in [0.3, 0.4) is 0 Å². The van der Waals surface area contributed by atoms with Crippen LogP contribution >= 0.6 is 15.9 Å². The Labute approximate surface area is 126 Å². The van der Waals surface area contributed by atoms with Gasteiger partial charge in [0, 0.05) is 17.2 Å². The van der Waals surface area contributed by atoms with E-state index in [-0.39, 0.29) is 5.03 Å². The second kappa shape index (κ2) is 5.45. The number of anilines is 2. The Kier molecular flexibility index (Phi) is 4.05. The third-order valence-corrected chi connectivity index (χ3v) is 4.51. The smallest absolute Gasteiger partial charge is 0.281 e. The van der Waals surface area contributed by atoms with Gasteiger partial charge in [-0.2, -0.15) is 8.42 Å². The van der Waals surface area contributed by atoms with Gasteiger partial charge in [0.15, 0.2) is 5.03 Å². The minimum absolute atomic E-state index is 0.0268. The number of halogens is 1. The Bertz CT molecular complexity index is 717. The minimum Gasteiger partial charge on any atom is -0.397 e. The molecule has 0 radical (unpaired) electrons. The summed E-state index contributed by atoms with van der Waals surface area (Å²) in [4.78, 5) is 3.89. The molecular formula is C12H15BrN4O2S. The molecule has 0 fully saturated rings. The lowest BCUT2D eigenvalue weighted by atomic mass is 10.2. The van der Waals surface area contributed by atoms with Crippen molar-refractivity contribution in [2.45, 2.75) is 25.4 Å². The van der Waals surface area contributed by atoms with Gasteiger partial charge in [-0.25, -0.2) is 4.98 Å². The van der Waals surface area contributed by atoms with Crippen LogP contribution in [0.2, 0.25) is 0 Å². The number of aromatic nitrogens is 2. The quantitative estimate of drug-likeness (QED) is 0.820. The zero-order valence-corrected chi connectivity index (χ0v) is 13.5. The monoisotopic (exact) mass is 358 g/mol. The molecule has 2 rings (SSSR count). The lowest BCUT2D eigenvalue weighted by Crippen LogP contribution is -2.15. The highest BCUT2D eigenvalue weighted by Crippen LogP contribution is 2.29. The Morgan fingerprint density at radius 3 is 2.70 bits per heavy atom. The summed E-state index contributed by atoms with van der Waals surface area (Å²) in [7, 11) is -3.74. The van der Waals surface area contributed by atoms with E-state index in [0.717, 1.165) is 10.0 Å². The Hall–Kier alpha value is -1.54. The first-order valence-electron chi connectivity index (χ1n) is 5.93. The third kappa shape index (κ3) is 2.96. The fourth-order valence-corrected chi connectivity index (χ4v) is 3.45. The number of hydrogen-bond donors (Lipinski definition) is 2. The molecular weight excluding hydrogens is 344 g/mol. The van der Waals surface area contributed by atoms with E-state index < -0.39 is 10.0 Å². The summed E-state index contributed by atoms with van der Waals surface area (Å²) < 4.78 is 29.5. The number of nitrogen functional groups attached to an aromatic ring is 1. The number of sulfonamides is 1. The molecule has 0 saturated heterocycles. The summed E-state index contributed by atoms with van der Waals surface area (Å²) in [5, 5.41) is -0.0268. The second-order valence-corrected chi connectivity index (χ2v) is 6.88.